The van der Waals surface area contributed by atoms with Crippen molar-refractivity contribution in [2.24, 2.45) is 5.73 Å². The maximum Gasteiger partial charge on any atom is 0.166 e. The van der Waals surface area contributed by atoms with Crippen molar-refractivity contribution in [3.63, 3.8) is 0 Å². The number of hydrogen-bond donors (Lipinski definition) is 2. The lowest BCUT2D eigenvalue weighted by Gasteiger charge is -2.01. The van der Waals surface area contributed by atoms with Crippen LogP contribution in [0.4, 0.5) is 0 Å². The number of nitrogens with one attached hydrogen (secondary N) is 1. The lowest BCUT2D eigenvalue weighted by Crippen LogP contribution is -2.09. The van der Waals surface area contributed by atoms with Crippen molar-refractivity contribution in [3.8, 4) is 0 Å². The first kappa shape index (κ1) is 10.9. The van der Waals surface area contributed by atoms with Gasteiger partial charge in [-0.15, -0.1) is 0 Å². The van der Waals surface area contributed by atoms with E-state index in [4.69, 9.17) is 5.73 Å². The minimum absolute atomic E-state index is 0.126. The SMILES string of the molecule is Cc1[nH]c2cccc(C)c2c1C(=O)CCN. The molecule has 16 heavy (non-hydrogen) atoms. The van der Waals surface area contributed by atoms with Crippen LogP contribution in [0.5, 0.6) is 0 Å². The van der Waals surface area contributed by atoms with Crippen LogP contribution >= 0.6 is 0 Å². The summed E-state index contributed by atoms with van der Waals surface area (Å²) in [6, 6.07) is 6.01. The van der Waals surface area contributed by atoms with Gasteiger partial charge >= 0.3 is 0 Å². The number of hydrogen-bond acceptors (Lipinski definition) is 2. The molecule has 0 spiro atoms. The first-order valence-electron chi connectivity index (χ1n) is 5.46. The molecule has 1 aromatic carbocycles. The standard InChI is InChI=1S/C13H16N2O/c1-8-4-3-5-10-12(8)13(9(2)15-10)11(16)6-7-14/h3-5,15H,6-7,14H2,1-2H3. The number of ketones is 1. The third-order valence-corrected chi connectivity index (χ3v) is 2.87. The minimum atomic E-state index is 0.126. The lowest BCUT2D eigenvalue weighted by atomic mass is 10.0. The molecule has 0 aliphatic heterocycles. The van der Waals surface area contributed by atoms with Crippen LogP contribution in [-0.2, 0) is 0 Å². The number of H-pyrrole nitrogens is 1. The van der Waals surface area contributed by atoms with Crippen LogP contribution in [-0.4, -0.2) is 17.3 Å². The van der Waals surface area contributed by atoms with Crippen LogP contribution < -0.4 is 5.73 Å². The van der Waals surface area contributed by atoms with Crippen LogP contribution in [0, 0.1) is 13.8 Å². The van der Waals surface area contributed by atoms with Gasteiger partial charge in [-0.05, 0) is 32.0 Å². The Morgan fingerprint density at radius 3 is 2.81 bits per heavy atom. The third kappa shape index (κ3) is 1.63. The Morgan fingerprint density at radius 1 is 1.38 bits per heavy atom. The molecule has 0 amide bonds. The Bertz CT molecular complexity index is 540. The molecule has 0 saturated carbocycles. The van der Waals surface area contributed by atoms with Gasteiger partial charge in [0.25, 0.3) is 0 Å². The van der Waals surface area contributed by atoms with E-state index in [0.717, 1.165) is 27.7 Å². The predicted molar refractivity (Wildman–Crippen MR) is 65.8 cm³/mol. The van der Waals surface area contributed by atoms with Gasteiger partial charge in [-0.2, -0.15) is 0 Å². The molecule has 1 aromatic heterocycles. The summed E-state index contributed by atoms with van der Waals surface area (Å²) in [6.45, 7) is 4.36. The number of carbonyl (C=O) groups is 1. The lowest BCUT2D eigenvalue weighted by molar-refractivity contribution is 0.0986. The van der Waals surface area contributed by atoms with Gasteiger partial charge in [0.2, 0.25) is 0 Å². The van der Waals surface area contributed by atoms with Crippen LogP contribution in [0.3, 0.4) is 0 Å². The van der Waals surface area contributed by atoms with Crippen LogP contribution in [0.25, 0.3) is 10.9 Å². The molecule has 0 fully saturated rings. The Hall–Kier alpha value is -1.61. The maximum absolute atomic E-state index is 12.0. The number of nitrogens with two attached hydrogens (primary N) is 1. The zero-order chi connectivity index (χ0) is 11.7. The number of aromatic amines is 1. The molecule has 84 valence electrons. The van der Waals surface area contributed by atoms with Crippen molar-refractivity contribution < 1.29 is 4.79 Å². The summed E-state index contributed by atoms with van der Waals surface area (Å²) in [5, 5.41) is 1.04. The molecule has 0 bridgehead atoms. The van der Waals surface area contributed by atoms with Gasteiger partial charge in [0.15, 0.2) is 5.78 Å². The largest absolute Gasteiger partial charge is 0.358 e. The van der Waals surface area contributed by atoms with Gasteiger partial charge in [0.05, 0.1) is 0 Å². The number of carbonyl (C=O) groups excluding carboxylic acids is 1. The fraction of sp³-hybridized carbons (Fsp3) is 0.308. The van der Waals surface area contributed by atoms with Crippen molar-refractivity contribution >= 4 is 16.7 Å². The molecule has 0 saturated heterocycles. The summed E-state index contributed by atoms with van der Waals surface area (Å²) in [7, 11) is 0. The van der Waals surface area contributed by atoms with Gasteiger partial charge in [0.1, 0.15) is 0 Å². The second-order valence-corrected chi connectivity index (χ2v) is 4.08. The van der Waals surface area contributed by atoms with Gasteiger partial charge in [-0.25, -0.2) is 0 Å². The monoisotopic (exact) mass is 216 g/mol. The fourth-order valence-electron chi connectivity index (χ4n) is 2.16. The van der Waals surface area contributed by atoms with E-state index < -0.39 is 0 Å². The van der Waals surface area contributed by atoms with Crippen molar-refractivity contribution in [2.45, 2.75) is 20.3 Å². The summed E-state index contributed by atoms with van der Waals surface area (Å²) in [5.41, 5.74) is 9.33. The van der Waals surface area contributed by atoms with E-state index >= 15 is 0 Å². The molecular weight excluding hydrogens is 200 g/mol. The Balaban J connectivity index is 2.68. The highest BCUT2D eigenvalue weighted by atomic mass is 16.1. The summed E-state index contributed by atoms with van der Waals surface area (Å²) >= 11 is 0. The molecule has 0 aliphatic rings. The smallest absolute Gasteiger partial charge is 0.166 e. The fourth-order valence-corrected chi connectivity index (χ4v) is 2.16. The molecule has 0 unspecified atom stereocenters. The second kappa shape index (κ2) is 4.10. The Kier molecular flexibility index (Phi) is 2.79. The highest BCUT2D eigenvalue weighted by molar-refractivity contribution is 6.10. The predicted octanol–water partition coefficient (Wildman–Crippen LogP) is 2.32. The average molecular weight is 216 g/mol. The molecule has 0 aliphatic carbocycles. The molecule has 3 nitrogen and oxygen atoms in total. The number of Topliss-reactive ketones (excluding diaryl/α,β-unsaturated/α-hetero) is 1. The highest BCUT2D eigenvalue weighted by Crippen LogP contribution is 2.26. The summed E-state index contributed by atoms with van der Waals surface area (Å²) < 4.78 is 0. The van der Waals surface area contributed by atoms with E-state index in [0.29, 0.717) is 13.0 Å². The van der Waals surface area contributed by atoms with E-state index in [2.05, 4.69) is 4.98 Å². The molecule has 3 heteroatoms. The molecule has 3 N–H and O–H groups in total. The van der Waals surface area contributed by atoms with Crippen LogP contribution in [0.2, 0.25) is 0 Å². The molecule has 2 aromatic rings. The average Bonchev–Trinajstić information content (AvgIpc) is 2.56. The Morgan fingerprint density at radius 2 is 2.12 bits per heavy atom. The first-order chi connectivity index (χ1) is 7.65. The van der Waals surface area contributed by atoms with Gasteiger partial charge in [0, 0.05) is 28.6 Å². The van der Waals surface area contributed by atoms with E-state index in [-0.39, 0.29) is 5.78 Å². The number of benzene rings is 1. The molecule has 0 radical (unpaired) electrons. The number of fused-ring (bicyclic) bond motifs is 1. The van der Waals surface area contributed by atoms with Gasteiger partial charge in [-0.1, -0.05) is 12.1 Å². The van der Waals surface area contributed by atoms with Crippen LogP contribution in [0.15, 0.2) is 18.2 Å². The number of rotatable bonds is 3. The Labute approximate surface area is 94.6 Å². The van der Waals surface area contributed by atoms with Crippen molar-refractivity contribution in [1.82, 2.24) is 4.98 Å². The normalized spacial score (nSPS) is 10.9. The zero-order valence-electron chi connectivity index (χ0n) is 9.63. The third-order valence-electron chi connectivity index (χ3n) is 2.87. The first-order valence-corrected chi connectivity index (χ1v) is 5.46. The second-order valence-electron chi connectivity index (χ2n) is 4.08. The summed E-state index contributed by atoms with van der Waals surface area (Å²) in [6.07, 6.45) is 0.405. The van der Waals surface area contributed by atoms with Crippen LogP contribution in [0.1, 0.15) is 28.0 Å². The quantitative estimate of drug-likeness (QED) is 0.773. The molecule has 1 heterocycles. The highest BCUT2D eigenvalue weighted by Gasteiger charge is 2.16. The number of aromatic nitrogens is 1. The zero-order valence-corrected chi connectivity index (χ0v) is 9.63. The molecule has 0 atom stereocenters. The topological polar surface area (TPSA) is 58.9 Å². The summed E-state index contributed by atoms with van der Waals surface area (Å²) in [5.74, 6) is 0.126. The summed E-state index contributed by atoms with van der Waals surface area (Å²) in [4.78, 5) is 15.2. The molecule has 2 rings (SSSR count). The van der Waals surface area contributed by atoms with Crippen molar-refractivity contribution in [2.75, 3.05) is 6.54 Å². The van der Waals surface area contributed by atoms with E-state index in [9.17, 15) is 4.79 Å². The van der Waals surface area contributed by atoms with E-state index in [1.807, 2.05) is 32.0 Å². The maximum atomic E-state index is 12.0. The van der Waals surface area contributed by atoms with E-state index in [1.165, 1.54) is 0 Å². The minimum Gasteiger partial charge on any atom is -0.358 e. The van der Waals surface area contributed by atoms with Crippen molar-refractivity contribution in [1.29, 1.82) is 0 Å². The number of aryl methyl sites for hydroxylation is 2. The molecular formula is C13H16N2O. The van der Waals surface area contributed by atoms with Gasteiger partial charge < -0.3 is 10.7 Å². The van der Waals surface area contributed by atoms with E-state index in [1.54, 1.807) is 0 Å². The van der Waals surface area contributed by atoms with Gasteiger partial charge in [-0.3, -0.25) is 4.79 Å². The van der Waals surface area contributed by atoms with Crippen molar-refractivity contribution in [3.05, 3.63) is 35.0 Å².